The number of nitrogens with zero attached hydrogens (tertiary/aromatic N) is 4. The number of aromatic nitrogens is 4. The lowest BCUT2D eigenvalue weighted by Crippen LogP contribution is -2.28. The molecule has 176 valence electrons. The number of rotatable bonds is 6. The molecule has 3 aromatic heterocycles. The van der Waals surface area contributed by atoms with Crippen molar-refractivity contribution in [3.8, 4) is 17.0 Å². The van der Waals surface area contributed by atoms with Gasteiger partial charge in [-0.05, 0) is 44.9 Å². The minimum atomic E-state index is 0.314. The lowest BCUT2D eigenvalue weighted by molar-refractivity contribution is 0.0904. The molecule has 0 bridgehead atoms. The fraction of sp³-hybridized carbons (Fsp3) is 0.360. The summed E-state index contributed by atoms with van der Waals surface area (Å²) in [6.07, 6.45) is 3.71. The number of hydrogen-bond donors (Lipinski definition) is 2. The molecule has 4 aromatic rings. The van der Waals surface area contributed by atoms with E-state index >= 15 is 0 Å². The van der Waals surface area contributed by atoms with Crippen molar-refractivity contribution in [2.24, 2.45) is 0 Å². The fourth-order valence-electron chi connectivity index (χ4n) is 4.23. The van der Waals surface area contributed by atoms with E-state index < -0.39 is 0 Å². The van der Waals surface area contributed by atoms with Crippen molar-refractivity contribution in [3.05, 3.63) is 47.8 Å². The molecule has 5 rings (SSSR count). The van der Waals surface area contributed by atoms with Gasteiger partial charge >= 0.3 is 0 Å². The Bertz CT molecular complexity index is 1330. The summed E-state index contributed by atoms with van der Waals surface area (Å²) in [5.41, 5.74) is 4.16. The van der Waals surface area contributed by atoms with Gasteiger partial charge in [0.25, 0.3) is 0 Å². The highest BCUT2D eigenvalue weighted by Gasteiger charge is 2.18. The quantitative estimate of drug-likeness (QED) is 0.413. The number of fused-ring (bicyclic) bond motifs is 1. The number of methoxy groups -OCH3 is 1. The van der Waals surface area contributed by atoms with E-state index in [-0.39, 0.29) is 0 Å². The number of benzene rings is 1. The first kappa shape index (κ1) is 22.1. The van der Waals surface area contributed by atoms with Crippen molar-refractivity contribution in [2.45, 2.75) is 39.7 Å². The Labute approximate surface area is 198 Å². The minimum absolute atomic E-state index is 0.314. The molecule has 0 aliphatic carbocycles. The monoisotopic (exact) mass is 460 g/mol. The maximum atomic E-state index is 5.64. The highest BCUT2D eigenvalue weighted by atomic mass is 16.5. The maximum absolute atomic E-state index is 5.64. The molecule has 1 fully saturated rings. The second-order valence-corrected chi connectivity index (χ2v) is 8.45. The van der Waals surface area contributed by atoms with E-state index in [9.17, 15) is 0 Å². The first-order valence-corrected chi connectivity index (χ1v) is 11.4. The summed E-state index contributed by atoms with van der Waals surface area (Å²) in [4.78, 5) is 18.5. The van der Waals surface area contributed by atoms with E-state index in [1.54, 1.807) is 7.11 Å². The summed E-state index contributed by atoms with van der Waals surface area (Å²) in [7, 11) is 1.63. The van der Waals surface area contributed by atoms with Gasteiger partial charge in [-0.2, -0.15) is 0 Å². The van der Waals surface area contributed by atoms with Crippen molar-refractivity contribution in [1.29, 1.82) is 0 Å². The lowest BCUT2D eigenvalue weighted by Gasteiger charge is -2.24. The summed E-state index contributed by atoms with van der Waals surface area (Å²) < 4.78 is 16.7. The van der Waals surface area contributed by atoms with Gasteiger partial charge in [0.1, 0.15) is 22.7 Å². The summed E-state index contributed by atoms with van der Waals surface area (Å²) in [5, 5.41) is 7.79. The van der Waals surface area contributed by atoms with Crippen LogP contribution in [-0.4, -0.2) is 46.3 Å². The Morgan fingerprint density at radius 2 is 1.85 bits per heavy atom. The predicted octanol–water partition coefficient (Wildman–Crippen LogP) is 4.95. The highest BCUT2D eigenvalue weighted by molar-refractivity contribution is 5.89. The first-order chi connectivity index (χ1) is 16.5. The molecule has 34 heavy (non-hydrogen) atoms. The lowest BCUT2D eigenvalue weighted by atomic mass is 10.1. The minimum Gasteiger partial charge on any atom is -0.495 e. The summed E-state index contributed by atoms with van der Waals surface area (Å²) in [5.74, 6) is 3.29. The second-order valence-electron chi connectivity index (χ2n) is 8.45. The zero-order chi connectivity index (χ0) is 23.7. The zero-order valence-corrected chi connectivity index (χ0v) is 19.8. The molecule has 9 heteroatoms. The number of pyridine rings is 1. The number of nitrogens with one attached hydrogen (secondary N) is 2. The van der Waals surface area contributed by atoms with E-state index in [0.29, 0.717) is 23.6 Å². The van der Waals surface area contributed by atoms with Crippen LogP contribution in [0.15, 0.2) is 34.9 Å². The number of oxazole rings is 1. The average molecular weight is 461 g/mol. The molecule has 0 atom stereocenters. The van der Waals surface area contributed by atoms with Gasteiger partial charge in [0.05, 0.1) is 12.8 Å². The molecule has 0 saturated carbocycles. The van der Waals surface area contributed by atoms with Crippen LogP contribution >= 0.6 is 0 Å². The van der Waals surface area contributed by atoms with Gasteiger partial charge in [0.15, 0.2) is 11.7 Å². The van der Waals surface area contributed by atoms with Gasteiger partial charge in [-0.1, -0.05) is 6.07 Å². The van der Waals surface area contributed by atoms with Crippen LogP contribution in [0.3, 0.4) is 0 Å². The molecular weight excluding hydrogens is 432 g/mol. The van der Waals surface area contributed by atoms with Crippen molar-refractivity contribution in [1.82, 2.24) is 19.9 Å². The van der Waals surface area contributed by atoms with Crippen LogP contribution in [0.4, 0.5) is 17.5 Å². The van der Waals surface area contributed by atoms with Crippen LogP contribution in [0.2, 0.25) is 0 Å². The van der Waals surface area contributed by atoms with E-state index in [0.717, 1.165) is 71.2 Å². The standard InChI is InChI=1S/C25H28N6O3/c1-14-11-18-13-26-25(31-23(18)24(27-14)29-19-7-9-33-10-8-19)30-20-6-5-17(12-21(20)32-4)22-15(2)34-16(3)28-22/h5-6,11-13,19H,7-10H2,1-4H3,(H,27,29)(H,26,30,31). The molecule has 0 radical (unpaired) electrons. The molecular formula is C25H28N6O3. The molecule has 2 N–H and O–H groups in total. The van der Waals surface area contributed by atoms with E-state index in [4.69, 9.17) is 23.9 Å². The van der Waals surface area contributed by atoms with Gasteiger partial charge in [-0.15, -0.1) is 0 Å². The third-order valence-corrected chi connectivity index (χ3v) is 5.88. The largest absolute Gasteiger partial charge is 0.495 e. The van der Waals surface area contributed by atoms with Crippen LogP contribution in [-0.2, 0) is 4.74 Å². The molecule has 9 nitrogen and oxygen atoms in total. The van der Waals surface area contributed by atoms with Crippen LogP contribution in [0, 0.1) is 20.8 Å². The highest BCUT2D eigenvalue weighted by Crippen LogP contribution is 2.34. The normalized spacial score (nSPS) is 14.4. The Kier molecular flexibility index (Phi) is 6.02. The summed E-state index contributed by atoms with van der Waals surface area (Å²) in [6, 6.07) is 8.13. The summed E-state index contributed by atoms with van der Waals surface area (Å²) >= 11 is 0. The van der Waals surface area contributed by atoms with Crippen LogP contribution < -0.4 is 15.4 Å². The van der Waals surface area contributed by atoms with Crippen molar-refractivity contribution < 1.29 is 13.9 Å². The Hall–Kier alpha value is -3.72. The molecule has 1 aromatic carbocycles. The van der Waals surface area contributed by atoms with Gasteiger partial charge in [0, 0.05) is 49.0 Å². The van der Waals surface area contributed by atoms with Crippen LogP contribution in [0.5, 0.6) is 5.75 Å². The Morgan fingerprint density at radius 3 is 2.59 bits per heavy atom. The third kappa shape index (κ3) is 4.51. The van der Waals surface area contributed by atoms with Gasteiger partial charge in [-0.25, -0.2) is 19.9 Å². The molecule has 0 unspecified atom stereocenters. The topological polar surface area (TPSA) is 107 Å². The SMILES string of the molecule is COc1cc(-c2nc(C)oc2C)ccc1Nc1ncc2cc(C)nc(NC3CCOCC3)c2n1. The van der Waals surface area contributed by atoms with Gasteiger partial charge in [-0.3, -0.25) is 0 Å². The molecule has 0 spiro atoms. The van der Waals surface area contributed by atoms with Crippen molar-refractivity contribution >= 4 is 28.4 Å². The van der Waals surface area contributed by atoms with E-state index in [1.807, 2.05) is 51.2 Å². The molecule has 1 aliphatic heterocycles. The van der Waals surface area contributed by atoms with Gasteiger partial charge < -0.3 is 24.5 Å². The number of aryl methyl sites for hydroxylation is 3. The fourth-order valence-corrected chi connectivity index (χ4v) is 4.23. The summed E-state index contributed by atoms with van der Waals surface area (Å²) in [6.45, 7) is 7.23. The Morgan fingerprint density at radius 1 is 1.03 bits per heavy atom. The molecule has 4 heterocycles. The Balaban J connectivity index is 1.45. The second kappa shape index (κ2) is 9.26. The number of ether oxygens (including phenoxy) is 2. The van der Waals surface area contributed by atoms with Crippen LogP contribution in [0.25, 0.3) is 22.2 Å². The van der Waals surface area contributed by atoms with Crippen molar-refractivity contribution in [3.63, 3.8) is 0 Å². The van der Waals surface area contributed by atoms with Crippen LogP contribution in [0.1, 0.15) is 30.2 Å². The molecule has 1 saturated heterocycles. The molecule has 1 aliphatic rings. The average Bonchev–Trinajstić information content (AvgIpc) is 3.18. The zero-order valence-electron chi connectivity index (χ0n) is 19.8. The number of anilines is 3. The van der Waals surface area contributed by atoms with E-state index in [2.05, 4.69) is 20.6 Å². The van der Waals surface area contributed by atoms with E-state index in [1.165, 1.54) is 0 Å². The number of hydrogen-bond acceptors (Lipinski definition) is 9. The first-order valence-electron chi connectivity index (χ1n) is 11.4. The third-order valence-electron chi connectivity index (χ3n) is 5.88. The smallest absolute Gasteiger partial charge is 0.227 e. The van der Waals surface area contributed by atoms with Gasteiger partial charge in [0.2, 0.25) is 5.95 Å². The maximum Gasteiger partial charge on any atom is 0.227 e. The van der Waals surface area contributed by atoms with Crippen molar-refractivity contribution in [2.75, 3.05) is 31.0 Å². The molecule has 0 amide bonds. The predicted molar refractivity (Wildman–Crippen MR) is 131 cm³/mol.